The van der Waals surface area contributed by atoms with Crippen LogP contribution in [0.15, 0.2) is 30.6 Å². The zero-order valence-electron chi connectivity index (χ0n) is 12.8. The molecule has 2 atom stereocenters. The van der Waals surface area contributed by atoms with E-state index in [1.165, 1.54) is 21.7 Å². The number of quaternary nitrogens is 1. The number of anilines is 1. The lowest BCUT2D eigenvalue weighted by molar-refractivity contribution is -0.843. The summed E-state index contributed by atoms with van der Waals surface area (Å²) < 4.78 is 0. The first-order chi connectivity index (χ1) is 8.30. The lowest BCUT2D eigenvalue weighted by Gasteiger charge is -2.27. The molecule has 0 fully saturated rings. The van der Waals surface area contributed by atoms with E-state index in [1.54, 1.807) is 0 Å². The van der Waals surface area contributed by atoms with Crippen LogP contribution in [0.3, 0.4) is 0 Å². The van der Waals surface area contributed by atoms with Crippen molar-refractivity contribution < 1.29 is 28.9 Å². The van der Waals surface area contributed by atoms with Crippen molar-refractivity contribution in [3.8, 4) is 0 Å². The number of benzene rings is 1. The van der Waals surface area contributed by atoms with Crippen molar-refractivity contribution in [3.63, 3.8) is 0 Å². The predicted octanol–water partition coefficient (Wildman–Crippen LogP) is -0.552. The first-order valence-electron chi connectivity index (χ1n) is 6.72. The molecule has 1 heterocycles. The summed E-state index contributed by atoms with van der Waals surface area (Å²) >= 11 is 0. The second-order valence-electron chi connectivity index (χ2n) is 6.39. The van der Waals surface area contributed by atoms with Crippen molar-refractivity contribution in [2.45, 2.75) is 46.2 Å². The molecular weight excluding hydrogens is 347 g/mol. The molecule has 1 N–H and O–H groups in total. The molecule has 2 nitrogen and oxygen atoms in total. The number of aryl methyl sites for hydroxylation is 1. The molecule has 1 aromatic rings. The van der Waals surface area contributed by atoms with Gasteiger partial charge in [-0.15, -0.1) is 0 Å². The first kappa shape index (κ1) is 16.5. The molecule has 0 bridgehead atoms. The summed E-state index contributed by atoms with van der Waals surface area (Å²) in [5, 5.41) is 0. The fourth-order valence-electron chi connectivity index (χ4n) is 2.33. The summed E-state index contributed by atoms with van der Waals surface area (Å²) in [5.41, 5.74) is 4.28. The fraction of sp³-hybridized carbons (Fsp3) is 0.500. The standard InChI is InChI=1S/C16H24N2.HI/c1-12-7-8-14(16(3,4)5)11-15(12)18-10-9-17(6)13(18)2;/h7-11,13H,1-6H3;1H/t13-;/m0./s1. The van der Waals surface area contributed by atoms with Gasteiger partial charge >= 0.3 is 0 Å². The Morgan fingerprint density at radius 3 is 2.32 bits per heavy atom. The van der Waals surface area contributed by atoms with Crippen molar-refractivity contribution in [2.75, 3.05) is 11.9 Å². The molecule has 1 aliphatic rings. The second-order valence-corrected chi connectivity index (χ2v) is 6.39. The van der Waals surface area contributed by atoms with Crippen LogP contribution in [0, 0.1) is 6.92 Å². The number of rotatable bonds is 1. The molecule has 0 saturated heterocycles. The average molecular weight is 372 g/mol. The van der Waals surface area contributed by atoms with Gasteiger partial charge in [-0.25, -0.2) is 0 Å². The van der Waals surface area contributed by atoms with Crippen LogP contribution in [0.25, 0.3) is 0 Å². The van der Waals surface area contributed by atoms with E-state index in [4.69, 9.17) is 0 Å². The van der Waals surface area contributed by atoms with Crippen molar-refractivity contribution in [2.24, 2.45) is 0 Å². The quantitative estimate of drug-likeness (QED) is 0.651. The summed E-state index contributed by atoms with van der Waals surface area (Å²) in [6.07, 6.45) is 4.89. The predicted molar refractivity (Wildman–Crippen MR) is 77.8 cm³/mol. The largest absolute Gasteiger partial charge is 1.00 e. The van der Waals surface area contributed by atoms with Crippen LogP contribution in [-0.4, -0.2) is 13.2 Å². The highest BCUT2D eigenvalue weighted by Gasteiger charge is 2.26. The highest BCUT2D eigenvalue weighted by Crippen LogP contribution is 2.30. The third-order valence-corrected chi connectivity index (χ3v) is 3.93. The Kier molecular flexibility index (Phi) is 5.07. The molecule has 106 valence electrons. The molecule has 0 radical (unpaired) electrons. The van der Waals surface area contributed by atoms with Crippen LogP contribution < -0.4 is 33.8 Å². The Hall–Kier alpha value is -0.550. The van der Waals surface area contributed by atoms with Gasteiger partial charge in [-0.2, -0.15) is 0 Å². The van der Waals surface area contributed by atoms with Gasteiger partial charge in [0.1, 0.15) is 6.20 Å². The maximum Gasteiger partial charge on any atom is 0.168 e. The molecule has 19 heavy (non-hydrogen) atoms. The highest BCUT2D eigenvalue weighted by atomic mass is 127. The lowest BCUT2D eigenvalue weighted by atomic mass is 9.86. The minimum Gasteiger partial charge on any atom is -1.00 e. The summed E-state index contributed by atoms with van der Waals surface area (Å²) in [5.74, 6) is 0. The fourth-order valence-corrected chi connectivity index (χ4v) is 2.33. The van der Waals surface area contributed by atoms with E-state index in [0.29, 0.717) is 6.17 Å². The molecule has 3 heteroatoms. The van der Waals surface area contributed by atoms with Gasteiger partial charge in [-0.3, -0.25) is 9.80 Å². The number of nitrogens with one attached hydrogen (secondary N) is 1. The van der Waals surface area contributed by atoms with Gasteiger partial charge in [0, 0.05) is 12.6 Å². The highest BCUT2D eigenvalue weighted by molar-refractivity contribution is 5.58. The Morgan fingerprint density at radius 2 is 1.84 bits per heavy atom. The topological polar surface area (TPSA) is 7.68 Å². The van der Waals surface area contributed by atoms with Gasteiger partial charge in [-0.1, -0.05) is 32.9 Å². The van der Waals surface area contributed by atoms with E-state index >= 15 is 0 Å². The lowest BCUT2D eigenvalue weighted by Crippen LogP contribution is -3.08. The summed E-state index contributed by atoms with van der Waals surface area (Å²) in [6.45, 7) is 11.3. The Bertz CT molecular complexity index is 474. The summed E-state index contributed by atoms with van der Waals surface area (Å²) in [4.78, 5) is 3.80. The average Bonchev–Trinajstić information content (AvgIpc) is 2.59. The first-order valence-corrected chi connectivity index (χ1v) is 6.72. The van der Waals surface area contributed by atoms with E-state index in [0.717, 1.165) is 0 Å². The van der Waals surface area contributed by atoms with Crippen LogP contribution in [-0.2, 0) is 5.41 Å². The van der Waals surface area contributed by atoms with Crippen LogP contribution >= 0.6 is 0 Å². The van der Waals surface area contributed by atoms with Crippen LogP contribution in [0.5, 0.6) is 0 Å². The number of hydrogen-bond acceptors (Lipinski definition) is 1. The summed E-state index contributed by atoms with van der Waals surface area (Å²) in [6, 6.07) is 6.83. The van der Waals surface area contributed by atoms with Crippen molar-refractivity contribution in [1.29, 1.82) is 0 Å². The van der Waals surface area contributed by atoms with E-state index in [9.17, 15) is 0 Å². The molecule has 1 unspecified atom stereocenters. The molecular formula is C16H25IN2. The molecule has 1 aliphatic heterocycles. The molecule has 0 amide bonds. The van der Waals surface area contributed by atoms with Gasteiger partial charge in [0.05, 0.1) is 13.2 Å². The minimum atomic E-state index is 0. The molecule has 0 aliphatic carbocycles. The van der Waals surface area contributed by atoms with E-state index < -0.39 is 0 Å². The van der Waals surface area contributed by atoms with E-state index in [2.05, 4.69) is 77.2 Å². The molecule has 2 rings (SSSR count). The minimum absolute atomic E-state index is 0. The van der Waals surface area contributed by atoms with E-state index in [-0.39, 0.29) is 29.4 Å². The third-order valence-electron chi connectivity index (χ3n) is 3.93. The smallest absolute Gasteiger partial charge is 0.168 e. The third kappa shape index (κ3) is 3.31. The van der Waals surface area contributed by atoms with Gasteiger partial charge < -0.3 is 24.0 Å². The second kappa shape index (κ2) is 5.83. The van der Waals surface area contributed by atoms with Gasteiger partial charge in [0.25, 0.3) is 0 Å². The van der Waals surface area contributed by atoms with Gasteiger partial charge in [-0.05, 0) is 29.5 Å². The summed E-state index contributed by atoms with van der Waals surface area (Å²) in [7, 11) is 2.20. The molecule has 1 aromatic carbocycles. The Balaban J connectivity index is 0.00000180. The van der Waals surface area contributed by atoms with E-state index in [1.807, 2.05) is 0 Å². The number of halogens is 1. The van der Waals surface area contributed by atoms with Crippen molar-refractivity contribution in [3.05, 3.63) is 41.7 Å². The van der Waals surface area contributed by atoms with Crippen molar-refractivity contribution in [1.82, 2.24) is 0 Å². The Labute approximate surface area is 134 Å². The zero-order chi connectivity index (χ0) is 13.5. The maximum atomic E-state index is 2.37. The van der Waals surface area contributed by atoms with Gasteiger partial charge in [0.2, 0.25) is 0 Å². The molecule has 0 aromatic heterocycles. The normalized spacial score (nSPS) is 22.5. The zero-order valence-corrected chi connectivity index (χ0v) is 14.9. The number of hydrogen-bond donors (Lipinski definition) is 1. The van der Waals surface area contributed by atoms with Crippen molar-refractivity contribution >= 4 is 5.69 Å². The van der Waals surface area contributed by atoms with Crippen LogP contribution in [0.1, 0.15) is 38.8 Å². The maximum absolute atomic E-state index is 2.37. The molecule has 0 saturated carbocycles. The van der Waals surface area contributed by atoms with Gasteiger partial charge in [0.15, 0.2) is 6.17 Å². The van der Waals surface area contributed by atoms with Crippen LogP contribution in [0.2, 0.25) is 0 Å². The SMILES string of the molecule is Cc1ccc(C(C)(C)C)cc1N1C=C[NH+](C)[C@@H]1C.[I-]. The Morgan fingerprint density at radius 1 is 1.21 bits per heavy atom. The number of nitrogens with zero attached hydrogens (tertiary/aromatic N) is 1. The molecule has 0 spiro atoms. The monoisotopic (exact) mass is 372 g/mol. The van der Waals surface area contributed by atoms with Crippen LogP contribution in [0.4, 0.5) is 5.69 Å².